The molecule has 2 aliphatic heterocycles. The molecule has 2 saturated heterocycles. The van der Waals surface area contributed by atoms with Crippen LogP contribution in [0.1, 0.15) is 53.2 Å². The molecule has 0 unspecified atom stereocenters. The number of nitrogens with one attached hydrogen (secondary N) is 1. The van der Waals surface area contributed by atoms with E-state index >= 15 is 0 Å². The van der Waals surface area contributed by atoms with Crippen molar-refractivity contribution < 1.29 is 37.7 Å². The molecule has 38 heavy (non-hydrogen) atoms. The summed E-state index contributed by atoms with van der Waals surface area (Å²) in [6.45, 7) is 7.72. The lowest BCUT2D eigenvalue weighted by molar-refractivity contribution is -0.201. The van der Waals surface area contributed by atoms with E-state index in [-0.39, 0.29) is 37.5 Å². The maximum absolute atomic E-state index is 12.8. The number of aliphatic hydroxyl groups is 1. The van der Waals surface area contributed by atoms with Gasteiger partial charge in [0.05, 0.1) is 38.3 Å². The third-order valence-electron chi connectivity index (χ3n) is 6.78. The molecule has 0 amide bonds. The Bertz CT molecular complexity index is 1170. The van der Waals surface area contributed by atoms with Crippen LogP contribution in [0.25, 0.3) is 11.2 Å². The predicted octanol–water partition coefficient (Wildman–Crippen LogP) is 3.46. The van der Waals surface area contributed by atoms with E-state index in [1.54, 1.807) is 24.7 Å². The summed E-state index contributed by atoms with van der Waals surface area (Å²) in [6, 6.07) is -0.139. The second kappa shape index (κ2) is 11.2. The van der Waals surface area contributed by atoms with E-state index in [0.717, 1.165) is 19.3 Å². The summed E-state index contributed by atoms with van der Waals surface area (Å²) >= 11 is 6.30. The van der Waals surface area contributed by atoms with Gasteiger partial charge in [0, 0.05) is 0 Å². The van der Waals surface area contributed by atoms with Crippen LogP contribution < -0.4 is 5.32 Å². The molecule has 0 spiro atoms. The molecule has 6 atom stereocenters. The van der Waals surface area contributed by atoms with Crippen LogP contribution in [0.4, 0.5) is 5.82 Å². The number of aromatic nitrogens is 4. The van der Waals surface area contributed by atoms with Gasteiger partial charge in [-0.2, -0.15) is 9.97 Å². The molecule has 3 aliphatic rings. The molecule has 2 aromatic heterocycles. The number of anilines is 1. The summed E-state index contributed by atoms with van der Waals surface area (Å²) in [4.78, 5) is 13.3. The predicted molar refractivity (Wildman–Crippen MR) is 137 cm³/mol. The molecule has 1 saturated carbocycles. The number of aliphatic hydroxyl groups excluding tert-OH is 1. The van der Waals surface area contributed by atoms with Crippen LogP contribution in [-0.2, 0) is 32.6 Å². The van der Waals surface area contributed by atoms with Gasteiger partial charge in [-0.05, 0) is 58.6 Å². The fourth-order valence-electron chi connectivity index (χ4n) is 5.26. The Morgan fingerprint density at radius 1 is 1.21 bits per heavy atom. The average Bonchev–Trinajstić information content (AvgIpc) is 3.58. The molecule has 1 aliphatic carbocycles. The van der Waals surface area contributed by atoms with Crippen LogP contribution in [0.2, 0.25) is 5.28 Å². The lowest BCUT2D eigenvalue weighted by Gasteiger charge is -2.25. The molecule has 2 N–H and O–H groups in total. The number of halogens is 1. The molecule has 5 rings (SSSR count). The first-order valence-corrected chi connectivity index (χ1v) is 15.0. The summed E-state index contributed by atoms with van der Waals surface area (Å²) in [5.41, 5.74) is 0.955. The van der Waals surface area contributed by atoms with Crippen molar-refractivity contribution in [2.75, 3.05) is 31.5 Å². The summed E-state index contributed by atoms with van der Waals surface area (Å²) in [5, 5.41) is 13.6. The zero-order valence-corrected chi connectivity index (χ0v) is 23.6. The van der Waals surface area contributed by atoms with E-state index in [9.17, 15) is 9.67 Å². The first kappa shape index (κ1) is 28.1. The second-order valence-corrected chi connectivity index (χ2v) is 12.3. The maximum atomic E-state index is 12.8. The van der Waals surface area contributed by atoms with Gasteiger partial charge in [0.1, 0.15) is 24.7 Å². The molecule has 212 valence electrons. The average molecular weight is 576 g/mol. The first-order valence-electron chi connectivity index (χ1n) is 12.9. The SMILES string of the molecule is CCOP(=O)(COC[C@H]1O[C@@H](n2cnc3c(N[C@@H]4CCC[C@@H]4O)nc(Cl)nc32)[C@@H]2OC(C)(C)O[C@@H]21)OCC. The van der Waals surface area contributed by atoms with Gasteiger partial charge in [-0.25, -0.2) is 4.98 Å². The van der Waals surface area contributed by atoms with Crippen LogP contribution >= 0.6 is 19.2 Å². The molecule has 15 heteroatoms. The fourth-order valence-corrected chi connectivity index (χ4v) is 6.77. The molecular formula is C23H35ClN5O8P. The Morgan fingerprint density at radius 3 is 2.63 bits per heavy atom. The Balaban J connectivity index is 1.37. The van der Waals surface area contributed by atoms with Crippen molar-refractivity contribution in [2.45, 2.75) is 89.4 Å². The van der Waals surface area contributed by atoms with Gasteiger partial charge in [-0.15, -0.1) is 0 Å². The Hall–Kier alpha value is -1.41. The van der Waals surface area contributed by atoms with Crippen molar-refractivity contribution in [2.24, 2.45) is 0 Å². The van der Waals surface area contributed by atoms with E-state index in [1.165, 1.54) is 0 Å². The van der Waals surface area contributed by atoms with Gasteiger partial charge in [0.15, 0.2) is 29.0 Å². The molecule has 0 radical (unpaired) electrons. The highest BCUT2D eigenvalue weighted by molar-refractivity contribution is 7.53. The topological polar surface area (TPSA) is 148 Å². The Kier molecular flexibility index (Phi) is 8.31. The maximum Gasteiger partial charge on any atom is 0.356 e. The largest absolute Gasteiger partial charge is 0.391 e. The number of hydrogen-bond donors (Lipinski definition) is 2. The molecule has 2 aromatic rings. The summed E-state index contributed by atoms with van der Waals surface area (Å²) < 4.78 is 49.6. The lowest BCUT2D eigenvalue weighted by Crippen LogP contribution is -2.33. The van der Waals surface area contributed by atoms with Crippen molar-refractivity contribution in [1.82, 2.24) is 19.5 Å². The van der Waals surface area contributed by atoms with E-state index in [1.807, 2.05) is 13.8 Å². The van der Waals surface area contributed by atoms with E-state index in [0.29, 0.717) is 17.0 Å². The van der Waals surface area contributed by atoms with Crippen molar-refractivity contribution in [1.29, 1.82) is 0 Å². The molecule has 0 aromatic carbocycles. The van der Waals surface area contributed by atoms with Crippen LogP contribution in [0.15, 0.2) is 6.33 Å². The zero-order chi connectivity index (χ0) is 27.1. The highest BCUT2D eigenvalue weighted by Gasteiger charge is 2.56. The molecular weight excluding hydrogens is 541 g/mol. The minimum absolute atomic E-state index is 0.0372. The van der Waals surface area contributed by atoms with Crippen LogP contribution in [0, 0.1) is 0 Å². The molecule has 3 fully saturated rings. The van der Waals surface area contributed by atoms with Gasteiger partial charge >= 0.3 is 7.60 Å². The van der Waals surface area contributed by atoms with Gasteiger partial charge in [0.2, 0.25) is 5.28 Å². The van der Waals surface area contributed by atoms with Gasteiger partial charge in [-0.3, -0.25) is 9.13 Å². The standard InChI is InChI=1S/C23H35ClN5O8P/c1-5-33-38(31,34-6-2)12-32-10-15-17-18(37-23(3,4)36-17)21(35-15)29-11-25-16-19(27-22(24)28-20(16)29)26-13-8-7-9-14(13)30/h11,13-15,17-18,21,30H,5-10,12H2,1-4H3,(H,26,27,28)/t13-,14+,15-,17-,18-,21-/m1/s1. The number of nitrogens with zero attached hydrogens (tertiary/aromatic N) is 4. The van der Waals surface area contributed by atoms with E-state index < -0.39 is 44.0 Å². The van der Waals surface area contributed by atoms with Crippen LogP contribution in [0.5, 0.6) is 0 Å². The summed E-state index contributed by atoms with van der Waals surface area (Å²) in [7, 11) is -3.38. The highest BCUT2D eigenvalue weighted by Crippen LogP contribution is 2.49. The number of imidazole rings is 1. The third-order valence-corrected chi connectivity index (χ3v) is 8.75. The number of ether oxygens (including phenoxy) is 4. The first-order chi connectivity index (χ1) is 18.1. The van der Waals surface area contributed by atoms with Gasteiger partial charge in [-0.1, -0.05) is 0 Å². The Labute approximate surface area is 226 Å². The van der Waals surface area contributed by atoms with Gasteiger partial charge < -0.3 is 38.4 Å². The smallest absolute Gasteiger partial charge is 0.356 e. The second-order valence-electron chi connectivity index (χ2n) is 9.99. The highest BCUT2D eigenvalue weighted by atomic mass is 35.5. The van der Waals surface area contributed by atoms with Gasteiger partial charge in [0.25, 0.3) is 0 Å². The summed E-state index contributed by atoms with van der Waals surface area (Å²) in [5.74, 6) is -0.402. The van der Waals surface area contributed by atoms with E-state index in [2.05, 4.69) is 20.3 Å². The zero-order valence-electron chi connectivity index (χ0n) is 21.9. The minimum atomic E-state index is -3.38. The number of hydrogen-bond acceptors (Lipinski definition) is 12. The monoisotopic (exact) mass is 575 g/mol. The van der Waals surface area contributed by atoms with Crippen molar-refractivity contribution in [3.63, 3.8) is 0 Å². The molecule has 4 heterocycles. The fraction of sp³-hybridized carbons (Fsp3) is 0.783. The quantitative estimate of drug-likeness (QED) is 0.298. The molecule has 13 nitrogen and oxygen atoms in total. The minimum Gasteiger partial charge on any atom is -0.391 e. The number of rotatable bonds is 11. The number of fused-ring (bicyclic) bond motifs is 2. The Morgan fingerprint density at radius 2 is 1.95 bits per heavy atom. The van der Waals surface area contributed by atoms with E-state index in [4.69, 9.17) is 39.6 Å². The summed E-state index contributed by atoms with van der Waals surface area (Å²) in [6.07, 6.45) is 1.26. The lowest BCUT2D eigenvalue weighted by atomic mass is 10.1. The third kappa shape index (κ3) is 5.72. The normalized spacial score (nSPS) is 30.8. The molecule has 0 bridgehead atoms. The van der Waals surface area contributed by atoms with Crippen LogP contribution in [-0.4, -0.2) is 87.0 Å². The van der Waals surface area contributed by atoms with Crippen molar-refractivity contribution in [3.05, 3.63) is 11.6 Å². The van der Waals surface area contributed by atoms with Crippen molar-refractivity contribution in [3.8, 4) is 0 Å². The van der Waals surface area contributed by atoms with Crippen molar-refractivity contribution >= 4 is 36.2 Å². The van der Waals surface area contributed by atoms with Crippen LogP contribution in [0.3, 0.4) is 0 Å².